The van der Waals surface area contributed by atoms with Crippen LogP contribution in [0.1, 0.15) is 6.92 Å². The van der Waals surface area contributed by atoms with E-state index >= 15 is 0 Å². The Kier molecular flexibility index (Phi) is 17.4. The van der Waals surface area contributed by atoms with Crippen LogP contribution in [0.5, 0.6) is 0 Å². The second-order valence-corrected chi connectivity index (χ2v) is 4.77. The van der Waals surface area contributed by atoms with E-state index in [1.807, 2.05) is 32.1 Å². The largest absolute Gasteiger partial charge is 0.397 e. The first-order valence-electron chi connectivity index (χ1n) is 5.04. The van der Waals surface area contributed by atoms with Crippen LogP contribution in [0.15, 0.2) is 12.7 Å². The van der Waals surface area contributed by atoms with Gasteiger partial charge in [-0.1, -0.05) is 13.0 Å². The van der Waals surface area contributed by atoms with E-state index in [0.717, 1.165) is 20.2 Å². The number of likely N-dealkylation sites (N-methyl/N-ethyl adjacent to an activating group) is 1. The van der Waals surface area contributed by atoms with Gasteiger partial charge in [0.1, 0.15) is 0 Å². The van der Waals surface area contributed by atoms with Crippen LogP contribution in [-0.2, 0) is 14.6 Å². The Labute approximate surface area is 106 Å². The molecule has 0 saturated heterocycles. The third-order valence-corrected chi connectivity index (χ3v) is 1.61. The highest BCUT2D eigenvalue weighted by molar-refractivity contribution is 7.80. The summed E-state index contributed by atoms with van der Waals surface area (Å²) in [5.41, 5.74) is 0. The van der Waals surface area contributed by atoms with Crippen molar-refractivity contribution < 1.29 is 17.2 Å². The van der Waals surface area contributed by atoms with Crippen molar-refractivity contribution in [3.63, 3.8) is 0 Å². The highest BCUT2D eigenvalue weighted by Gasteiger charge is 1.94. The molecule has 0 saturated carbocycles. The molecule has 0 rings (SSSR count). The topological polar surface area (TPSA) is 70.1 Å². The zero-order chi connectivity index (χ0) is 14.5. The summed E-state index contributed by atoms with van der Waals surface area (Å²) < 4.78 is 29.7. The van der Waals surface area contributed by atoms with Gasteiger partial charge in [-0.05, 0) is 34.7 Å². The van der Waals surface area contributed by atoms with E-state index in [1.54, 1.807) is 0 Å². The Balaban J connectivity index is -0.000000180. The molecule has 0 aliphatic carbocycles. The first-order chi connectivity index (χ1) is 7.60. The first-order valence-corrected chi connectivity index (χ1v) is 6.40. The van der Waals surface area contributed by atoms with Crippen LogP contribution in [0.3, 0.4) is 0 Å². The summed E-state index contributed by atoms with van der Waals surface area (Å²) in [5, 5.41) is 0. The molecule has 106 valence electrons. The van der Waals surface area contributed by atoms with Gasteiger partial charge in [0.25, 0.3) is 0 Å². The van der Waals surface area contributed by atoms with E-state index in [9.17, 15) is 8.42 Å². The predicted octanol–water partition coefficient (Wildman–Crippen LogP) is 0.738. The zero-order valence-electron chi connectivity index (χ0n) is 11.7. The molecule has 0 fully saturated rings. The van der Waals surface area contributed by atoms with Crippen LogP contribution in [0.2, 0.25) is 0 Å². The summed E-state index contributed by atoms with van der Waals surface area (Å²) in [6.45, 7) is 7.84. The molecule has 0 radical (unpaired) electrons. The Hall–Kier alpha value is -0.470. The van der Waals surface area contributed by atoms with Gasteiger partial charge in [-0.2, -0.15) is 8.42 Å². The lowest BCUT2D eigenvalue weighted by molar-refractivity contribution is 0.324. The normalized spacial score (nSPS) is 10.2. The maximum Gasteiger partial charge on any atom is 0.397 e. The maximum atomic E-state index is 9.33. The second-order valence-electron chi connectivity index (χ2n) is 3.58. The number of hydrogen-bond acceptors (Lipinski definition) is 5. The SMILES string of the molecule is C=CCN(C)CC.CN(C)C.COS(=O)(=O)O. The minimum Gasteiger partial charge on any atom is -0.312 e. The van der Waals surface area contributed by atoms with Crippen molar-refractivity contribution in [3.8, 4) is 0 Å². The molecule has 1 N–H and O–H groups in total. The van der Waals surface area contributed by atoms with Gasteiger partial charge in [-0.25, -0.2) is 0 Å². The fraction of sp³-hybridized carbons (Fsp3) is 0.800. The monoisotopic (exact) mass is 270 g/mol. The smallest absolute Gasteiger partial charge is 0.312 e. The van der Waals surface area contributed by atoms with Crippen molar-refractivity contribution in [2.75, 3.05) is 48.4 Å². The van der Waals surface area contributed by atoms with Crippen LogP contribution in [0.25, 0.3) is 0 Å². The number of rotatable bonds is 4. The highest BCUT2D eigenvalue weighted by atomic mass is 32.3. The van der Waals surface area contributed by atoms with Gasteiger partial charge in [-0.15, -0.1) is 6.58 Å². The molecule has 17 heavy (non-hydrogen) atoms. The summed E-state index contributed by atoms with van der Waals surface area (Å²) in [6.07, 6.45) is 1.91. The lowest BCUT2D eigenvalue weighted by atomic mass is 10.5. The van der Waals surface area contributed by atoms with Crippen LogP contribution in [-0.4, -0.2) is 71.2 Å². The Morgan fingerprint density at radius 2 is 1.59 bits per heavy atom. The third kappa shape index (κ3) is 50.1. The molecule has 0 spiro atoms. The lowest BCUT2D eigenvalue weighted by Gasteiger charge is -2.08. The van der Waals surface area contributed by atoms with E-state index in [0.29, 0.717) is 0 Å². The highest BCUT2D eigenvalue weighted by Crippen LogP contribution is 1.77. The molecule has 0 unspecified atom stereocenters. The summed E-state index contributed by atoms with van der Waals surface area (Å²) in [5.74, 6) is 0. The Bertz CT molecular complexity index is 250. The van der Waals surface area contributed by atoms with Gasteiger partial charge in [0.2, 0.25) is 0 Å². The molecule has 0 aliphatic heterocycles. The summed E-state index contributed by atoms with van der Waals surface area (Å²) in [4.78, 5) is 4.19. The molecule has 0 aromatic heterocycles. The van der Waals surface area contributed by atoms with Crippen molar-refractivity contribution in [3.05, 3.63) is 12.7 Å². The molecule has 0 amide bonds. The summed E-state index contributed by atoms with van der Waals surface area (Å²) in [6, 6.07) is 0. The Morgan fingerprint density at radius 1 is 1.29 bits per heavy atom. The van der Waals surface area contributed by atoms with Crippen molar-refractivity contribution in [1.29, 1.82) is 0 Å². The van der Waals surface area contributed by atoms with Crippen LogP contribution < -0.4 is 0 Å². The van der Waals surface area contributed by atoms with E-state index in [1.165, 1.54) is 0 Å². The molecule has 0 bridgehead atoms. The van der Waals surface area contributed by atoms with Gasteiger partial charge in [0.05, 0.1) is 7.11 Å². The molecular formula is C10H26N2O4S. The molecule has 0 aromatic rings. The molecule has 6 nitrogen and oxygen atoms in total. The average molecular weight is 270 g/mol. The van der Waals surface area contributed by atoms with Crippen molar-refractivity contribution in [2.24, 2.45) is 0 Å². The molecule has 0 atom stereocenters. The standard InChI is InChI=1S/C6H13N.C3H9N.CH4O4S/c1-4-6-7(3)5-2;1-4(2)3;1-5-6(2,3)4/h4H,1,5-6H2,2-3H3;1-3H3;1H3,(H,2,3,4). The van der Waals surface area contributed by atoms with Gasteiger partial charge < -0.3 is 9.80 Å². The number of nitrogens with zero attached hydrogens (tertiary/aromatic N) is 2. The minimum atomic E-state index is -4.16. The summed E-state index contributed by atoms with van der Waals surface area (Å²) in [7, 11) is 4.78. The van der Waals surface area contributed by atoms with E-state index in [4.69, 9.17) is 4.55 Å². The maximum absolute atomic E-state index is 9.33. The Morgan fingerprint density at radius 3 is 1.65 bits per heavy atom. The summed E-state index contributed by atoms with van der Waals surface area (Å²) >= 11 is 0. The fourth-order valence-corrected chi connectivity index (χ4v) is 0.349. The van der Waals surface area contributed by atoms with Gasteiger partial charge >= 0.3 is 10.4 Å². The lowest BCUT2D eigenvalue weighted by Crippen LogP contribution is -2.16. The van der Waals surface area contributed by atoms with Gasteiger partial charge in [0.15, 0.2) is 0 Å². The van der Waals surface area contributed by atoms with Crippen molar-refractivity contribution in [2.45, 2.75) is 6.92 Å². The van der Waals surface area contributed by atoms with Gasteiger partial charge in [-0.3, -0.25) is 8.74 Å². The van der Waals surface area contributed by atoms with Crippen LogP contribution in [0, 0.1) is 0 Å². The first kappa shape index (κ1) is 21.8. The van der Waals surface area contributed by atoms with Crippen LogP contribution in [0.4, 0.5) is 0 Å². The van der Waals surface area contributed by atoms with Crippen molar-refractivity contribution >= 4 is 10.4 Å². The van der Waals surface area contributed by atoms with E-state index in [2.05, 4.69) is 29.6 Å². The minimum absolute atomic E-state index is 0.870. The van der Waals surface area contributed by atoms with Crippen molar-refractivity contribution in [1.82, 2.24) is 9.80 Å². The quantitative estimate of drug-likeness (QED) is 0.600. The van der Waals surface area contributed by atoms with E-state index in [-0.39, 0.29) is 0 Å². The van der Waals surface area contributed by atoms with E-state index < -0.39 is 10.4 Å². The van der Waals surface area contributed by atoms with Gasteiger partial charge in [0, 0.05) is 6.54 Å². The number of hydrogen-bond donors (Lipinski definition) is 1. The average Bonchev–Trinajstić information content (AvgIpc) is 2.17. The second kappa shape index (κ2) is 13.6. The fourth-order valence-electron chi connectivity index (χ4n) is 0.349. The molecule has 7 heteroatoms. The zero-order valence-corrected chi connectivity index (χ0v) is 12.5. The molecule has 0 heterocycles. The molecule has 0 aliphatic rings. The molecule has 0 aromatic carbocycles. The third-order valence-electron chi connectivity index (χ3n) is 1.19. The predicted molar refractivity (Wildman–Crippen MR) is 71.5 cm³/mol. The van der Waals surface area contributed by atoms with Crippen LogP contribution >= 0.6 is 0 Å². The molecular weight excluding hydrogens is 244 g/mol.